The van der Waals surface area contributed by atoms with Crippen molar-refractivity contribution in [1.29, 1.82) is 0 Å². The number of aliphatic carboxylic acids is 1. The minimum absolute atomic E-state index is 0.0608. The molecule has 0 aliphatic carbocycles. The van der Waals surface area contributed by atoms with Gasteiger partial charge in [-0.05, 0) is 23.8 Å². The molecule has 3 rings (SSSR count). The lowest BCUT2D eigenvalue weighted by molar-refractivity contribution is -0.135. The summed E-state index contributed by atoms with van der Waals surface area (Å²) in [4.78, 5) is 15.6. The van der Waals surface area contributed by atoms with Crippen molar-refractivity contribution in [3.8, 4) is 0 Å². The number of hydrogen-bond donors (Lipinski definition) is 1. The van der Waals surface area contributed by atoms with Gasteiger partial charge in [-0.1, -0.05) is 12.1 Å². The number of carbonyl (C=O) groups is 1. The average molecular weight is 299 g/mol. The largest absolute Gasteiger partial charge is 0.481 e. The monoisotopic (exact) mass is 299 g/mol. The number of benzene rings is 1. The van der Waals surface area contributed by atoms with Gasteiger partial charge < -0.3 is 5.11 Å². The van der Waals surface area contributed by atoms with Crippen LogP contribution in [0.3, 0.4) is 0 Å². The predicted molar refractivity (Wildman–Crippen MR) is 83.0 cm³/mol. The third kappa shape index (κ3) is 3.00. The molecule has 0 aliphatic heterocycles. The van der Waals surface area contributed by atoms with Crippen molar-refractivity contribution in [3.63, 3.8) is 0 Å². The predicted octanol–water partition coefficient (Wildman–Crippen LogP) is 3.05. The van der Waals surface area contributed by atoms with E-state index in [9.17, 15) is 4.79 Å². The van der Waals surface area contributed by atoms with Crippen molar-refractivity contribution in [1.82, 2.24) is 14.8 Å². The van der Waals surface area contributed by atoms with Crippen LogP contribution in [0.1, 0.15) is 17.0 Å². The third-order valence-electron chi connectivity index (χ3n) is 2.98. The summed E-state index contributed by atoms with van der Waals surface area (Å²) in [7, 11) is 1.83. The van der Waals surface area contributed by atoms with Gasteiger partial charge in [-0.25, -0.2) is 4.98 Å². The molecule has 0 saturated heterocycles. The Morgan fingerprint density at radius 1 is 1.43 bits per heavy atom. The number of aromatic nitrogens is 3. The summed E-state index contributed by atoms with van der Waals surface area (Å²) in [5.41, 5.74) is 2.45. The lowest BCUT2D eigenvalue weighted by Crippen LogP contribution is -1.96. The van der Waals surface area contributed by atoms with Gasteiger partial charge >= 0.3 is 5.97 Å². The van der Waals surface area contributed by atoms with E-state index >= 15 is 0 Å². The summed E-state index contributed by atoms with van der Waals surface area (Å²) in [6.45, 7) is 0. The van der Waals surface area contributed by atoms with E-state index in [1.165, 1.54) is 11.3 Å². The molecule has 0 amide bonds. The fraction of sp³-hybridized carbons (Fsp3) is 0.133. The molecule has 2 heterocycles. The minimum Gasteiger partial charge on any atom is -0.481 e. The maximum absolute atomic E-state index is 11.1. The molecule has 0 saturated carbocycles. The van der Waals surface area contributed by atoms with Crippen LogP contribution in [-0.2, 0) is 11.8 Å². The van der Waals surface area contributed by atoms with Crippen LogP contribution in [0.5, 0.6) is 0 Å². The van der Waals surface area contributed by atoms with E-state index < -0.39 is 5.97 Å². The van der Waals surface area contributed by atoms with Crippen LogP contribution in [0.4, 0.5) is 0 Å². The van der Waals surface area contributed by atoms with Gasteiger partial charge in [0.2, 0.25) is 0 Å². The maximum atomic E-state index is 11.1. The number of fused-ring (bicyclic) bond motifs is 1. The molecule has 3 aromatic rings. The van der Waals surface area contributed by atoms with E-state index in [4.69, 9.17) is 5.11 Å². The number of hydrogen-bond acceptors (Lipinski definition) is 4. The first-order chi connectivity index (χ1) is 10.1. The van der Waals surface area contributed by atoms with E-state index in [1.54, 1.807) is 10.9 Å². The Bertz CT molecular complexity index is 799. The zero-order chi connectivity index (χ0) is 14.8. The molecule has 0 radical (unpaired) electrons. The van der Waals surface area contributed by atoms with Gasteiger partial charge in [-0.2, -0.15) is 5.10 Å². The molecule has 106 valence electrons. The second-order valence-electron chi connectivity index (χ2n) is 4.67. The van der Waals surface area contributed by atoms with E-state index in [2.05, 4.69) is 10.1 Å². The van der Waals surface area contributed by atoms with Crippen molar-refractivity contribution in [2.24, 2.45) is 7.05 Å². The molecule has 21 heavy (non-hydrogen) atoms. The van der Waals surface area contributed by atoms with Crippen molar-refractivity contribution < 1.29 is 9.90 Å². The van der Waals surface area contributed by atoms with Gasteiger partial charge in [0.25, 0.3) is 0 Å². The first-order valence-electron chi connectivity index (χ1n) is 6.39. The fourth-order valence-electron chi connectivity index (χ4n) is 2.08. The highest BCUT2D eigenvalue weighted by Gasteiger charge is 2.12. The molecular weight excluding hydrogens is 286 g/mol. The summed E-state index contributed by atoms with van der Waals surface area (Å²) in [5, 5.41) is 13.9. The molecular formula is C15H13N3O2S. The summed E-state index contributed by atoms with van der Waals surface area (Å²) < 4.78 is 2.73. The topological polar surface area (TPSA) is 68.0 Å². The van der Waals surface area contributed by atoms with Crippen LogP contribution >= 0.6 is 11.3 Å². The second kappa shape index (κ2) is 5.49. The molecule has 6 heteroatoms. The molecule has 0 aliphatic rings. The van der Waals surface area contributed by atoms with Crippen LogP contribution in [0.25, 0.3) is 21.9 Å². The Morgan fingerprint density at radius 2 is 2.24 bits per heavy atom. The van der Waals surface area contributed by atoms with Gasteiger partial charge in [0.05, 0.1) is 22.8 Å². The zero-order valence-corrected chi connectivity index (χ0v) is 12.2. The van der Waals surface area contributed by atoms with E-state index in [0.29, 0.717) is 5.57 Å². The average Bonchev–Trinajstić information content (AvgIpc) is 3.03. The molecule has 5 nitrogen and oxygen atoms in total. The standard InChI is InChI=1S/C15H13N3O2S/c1-18-9-10(8-16-18)6-11(7-14(19)20)15-17-12-4-2-3-5-13(12)21-15/h2-6,8-9H,7H2,1H3,(H,19,20)/b11-6+. The van der Waals surface area contributed by atoms with Crippen LogP contribution in [0.2, 0.25) is 0 Å². The van der Waals surface area contributed by atoms with Crippen LogP contribution in [-0.4, -0.2) is 25.8 Å². The third-order valence-corrected chi connectivity index (χ3v) is 4.09. The molecule has 2 aromatic heterocycles. The summed E-state index contributed by atoms with van der Waals surface area (Å²) in [6.07, 6.45) is 5.32. The van der Waals surface area contributed by atoms with Crippen molar-refractivity contribution in [2.75, 3.05) is 0 Å². The zero-order valence-electron chi connectivity index (χ0n) is 11.4. The number of rotatable bonds is 4. The lowest BCUT2D eigenvalue weighted by Gasteiger charge is -1.99. The Hall–Kier alpha value is -2.47. The van der Waals surface area contributed by atoms with Crippen LogP contribution < -0.4 is 0 Å². The summed E-state index contributed by atoms with van der Waals surface area (Å²) >= 11 is 1.50. The van der Waals surface area contributed by atoms with Crippen LogP contribution in [0, 0.1) is 0 Å². The number of carboxylic acid groups (broad SMARTS) is 1. The molecule has 1 N–H and O–H groups in total. The van der Waals surface area contributed by atoms with Crippen molar-refractivity contribution in [2.45, 2.75) is 6.42 Å². The van der Waals surface area contributed by atoms with Gasteiger partial charge in [0.1, 0.15) is 5.01 Å². The van der Waals surface area contributed by atoms with E-state index in [0.717, 1.165) is 20.8 Å². The molecule has 0 bridgehead atoms. The summed E-state index contributed by atoms with van der Waals surface area (Å²) in [6, 6.07) is 7.79. The highest BCUT2D eigenvalue weighted by molar-refractivity contribution is 7.19. The Morgan fingerprint density at radius 3 is 2.90 bits per heavy atom. The maximum Gasteiger partial charge on any atom is 0.307 e. The van der Waals surface area contributed by atoms with Gasteiger partial charge in [-0.15, -0.1) is 11.3 Å². The number of nitrogens with zero attached hydrogens (tertiary/aromatic N) is 3. The van der Waals surface area contributed by atoms with Crippen molar-refractivity contribution >= 4 is 39.2 Å². The van der Waals surface area contributed by atoms with E-state index in [1.807, 2.05) is 43.6 Å². The molecule has 0 atom stereocenters. The number of aryl methyl sites for hydroxylation is 1. The molecule has 0 fully saturated rings. The van der Waals surface area contributed by atoms with Crippen LogP contribution in [0.15, 0.2) is 36.7 Å². The van der Waals surface area contributed by atoms with E-state index in [-0.39, 0.29) is 6.42 Å². The van der Waals surface area contributed by atoms with Gasteiger partial charge in [0.15, 0.2) is 0 Å². The summed E-state index contributed by atoms with van der Waals surface area (Å²) in [5.74, 6) is -0.871. The highest BCUT2D eigenvalue weighted by atomic mass is 32.1. The Balaban J connectivity index is 2.06. The molecule has 1 aromatic carbocycles. The second-order valence-corrected chi connectivity index (χ2v) is 5.70. The number of carboxylic acids is 1. The number of thiazole rings is 1. The molecule has 0 spiro atoms. The number of para-hydroxylation sites is 1. The highest BCUT2D eigenvalue weighted by Crippen LogP contribution is 2.30. The minimum atomic E-state index is -0.871. The Kier molecular flexibility index (Phi) is 3.53. The smallest absolute Gasteiger partial charge is 0.307 e. The quantitative estimate of drug-likeness (QED) is 0.804. The van der Waals surface area contributed by atoms with Gasteiger partial charge in [-0.3, -0.25) is 9.48 Å². The Labute approximate surface area is 125 Å². The first kappa shape index (κ1) is 13.5. The lowest BCUT2D eigenvalue weighted by atomic mass is 10.1. The van der Waals surface area contributed by atoms with Crippen molar-refractivity contribution in [3.05, 3.63) is 47.2 Å². The SMILES string of the molecule is Cn1cc(/C=C(\CC(=O)O)c2nc3ccccc3s2)cn1. The fourth-order valence-corrected chi connectivity index (χ4v) is 3.06. The van der Waals surface area contributed by atoms with Gasteiger partial charge in [0, 0.05) is 18.8 Å². The molecule has 0 unspecified atom stereocenters. The first-order valence-corrected chi connectivity index (χ1v) is 7.20. The normalized spacial score (nSPS) is 12.0.